The molecule has 98 valence electrons. The van der Waals surface area contributed by atoms with Crippen molar-refractivity contribution < 1.29 is 14.7 Å². The fourth-order valence-electron chi connectivity index (χ4n) is 1.66. The average molecular weight is 361 g/mol. The van der Waals surface area contributed by atoms with Gasteiger partial charge in [0.2, 0.25) is 5.91 Å². The van der Waals surface area contributed by atoms with Gasteiger partial charge in [0.15, 0.2) is 0 Å². The molecule has 1 unspecified atom stereocenters. The number of carboxylic acid groups (broad SMARTS) is 1. The number of benzene rings is 1. The average Bonchev–Trinajstić information content (AvgIpc) is 2.20. The highest BCUT2D eigenvalue weighted by atomic mass is 127. The number of rotatable bonds is 5. The van der Waals surface area contributed by atoms with Crippen LogP contribution >= 0.6 is 22.6 Å². The topological polar surface area (TPSA) is 66.4 Å². The van der Waals surface area contributed by atoms with Gasteiger partial charge >= 0.3 is 5.97 Å². The van der Waals surface area contributed by atoms with Crippen LogP contribution in [-0.2, 0) is 9.59 Å². The van der Waals surface area contributed by atoms with E-state index in [1.807, 2.05) is 25.1 Å². The molecule has 2 N–H and O–H groups in total. The highest BCUT2D eigenvalue weighted by Crippen LogP contribution is 2.18. The quantitative estimate of drug-likeness (QED) is 0.793. The van der Waals surface area contributed by atoms with Crippen LogP contribution in [0.15, 0.2) is 18.2 Å². The molecule has 0 aromatic heterocycles. The van der Waals surface area contributed by atoms with E-state index in [0.717, 1.165) is 14.8 Å². The monoisotopic (exact) mass is 361 g/mol. The standard InChI is InChI=1S/C13H16INO3/c1-8(6-13(17)18)5-12(16)15-11-4-3-10(14)7-9(11)2/h3-4,7-8H,5-6H2,1-2H3,(H,15,16)(H,17,18). The summed E-state index contributed by atoms with van der Waals surface area (Å²) in [6, 6.07) is 5.76. The minimum atomic E-state index is -0.874. The van der Waals surface area contributed by atoms with Gasteiger partial charge in [-0.1, -0.05) is 6.92 Å². The molecule has 0 heterocycles. The third-order valence-corrected chi connectivity index (χ3v) is 3.19. The lowest BCUT2D eigenvalue weighted by Gasteiger charge is -2.11. The molecule has 5 heteroatoms. The second-order valence-corrected chi connectivity index (χ2v) is 5.66. The van der Waals surface area contributed by atoms with E-state index >= 15 is 0 Å². The fourth-order valence-corrected chi connectivity index (χ4v) is 2.30. The summed E-state index contributed by atoms with van der Waals surface area (Å²) in [4.78, 5) is 22.2. The molecule has 0 fully saturated rings. The number of aryl methyl sites for hydroxylation is 1. The largest absolute Gasteiger partial charge is 0.481 e. The number of anilines is 1. The van der Waals surface area contributed by atoms with Crippen LogP contribution in [0.1, 0.15) is 25.3 Å². The zero-order valence-corrected chi connectivity index (χ0v) is 12.5. The first kappa shape index (κ1) is 14.9. The van der Waals surface area contributed by atoms with Crippen molar-refractivity contribution in [3.05, 3.63) is 27.3 Å². The SMILES string of the molecule is Cc1cc(I)ccc1NC(=O)CC(C)CC(=O)O. The number of carbonyl (C=O) groups is 2. The summed E-state index contributed by atoms with van der Waals surface area (Å²) in [5, 5.41) is 11.4. The van der Waals surface area contributed by atoms with Crippen LogP contribution < -0.4 is 5.32 Å². The second-order valence-electron chi connectivity index (χ2n) is 4.41. The van der Waals surface area contributed by atoms with Crippen molar-refractivity contribution in [1.29, 1.82) is 0 Å². The van der Waals surface area contributed by atoms with Crippen LogP contribution in [0.25, 0.3) is 0 Å². The maximum Gasteiger partial charge on any atom is 0.303 e. The number of carboxylic acids is 1. The van der Waals surface area contributed by atoms with Gasteiger partial charge in [0.25, 0.3) is 0 Å². The highest BCUT2D eigenvalue weighted by molar-refractivity contribution is 14.1. The highest BCUT2D eigenvalue weighted by Gasteiger charge is 2.13. The Bertz CT molecular complexity index is 460. The predicted octanol–water partition coefficient (Wildman–Crippen LogP) is 3.04. The molecule has 1 atom stereocenters. The Hall–Kier alpha value is -1.11. The van der Waals surface area contributed by atoms with Gasteiger partial charge in [-0.25, -0.2) is 0 Å². The third kappa shape index (κ3) is 5.03. The van der Waals surface area contributed by atoms with Gasteiger partial charge in [-0.15, -0.1) is 0 Å². The smallest absolute Gasteiger partial charge is 0.303 e. The van der Waals surface area contributed by atoms with Crippen molar-refractivity contribution in [2.75, 3.05) is 5.32 Å². The molecular formula is C13H16INO3. The molecule has 18 heavy (non-hydrogen) atoms. The molecule has 1 rings (SSSR count). The number of hydrogen-bond acceptors (Lipinski definition) is 2. The van der Waals surface area contributed by atoms with Gasteiger partial charge in [0, 0.05) is 22.1 Å². The van der Waals surface area contributed by atoms with Crippen LogP contribution in [0.3, 0.4) is 0 Å². The summed E-state index contributed by atoms with van der Waals surface area (Å²) >= 11 is 2.21. The summed E-state index contributed by atoms with van der Waals surface area (Å²) < 4.78 is 1.11. The van der Waals surface area contributed by atoms with Crippen LogP contribution in [0, 0.1) is 16.4 Å². The van der Waals surface area contributed by atoms with E-state index in [9.17, 15) is 9.59 Å². The molecule has 0 radical (unpaired) electrons. The maximum absolute atomic E-state index is 11.7. The van der Waals surface area contributed by atoms with Gasteiger partial charge in [-0.05, 0) is 59.2 Å². The minimum Gasteiger partial charge on any atom is -0.481 e. The molecule has 0 aliphatic rings. The Kier molecular flexibility index (Phi) is 5.58. The van der Waals surface area contributed by atoms with Crippen molar-refractivity contribution >= 4 is 40.2 Å². The zero-order chi connectivity index (χ0) is 13.7. The number of nitrogens with one attached hydrogen (secondary N) is 1. The molecule has 4 nitrogen and oxygen atoms in total. The second kappa shape index (κ2) is 6.72. The molecule has 0 saturated heterocycles. The Balaban J connectivity index is 2.56. The summed E-state index contributed by atoms with van der Waals surface area (Å²) in [6.07, 6.45) is 0.233. The lowest BCUT2D eigenvalue weighted by molar-refractivity contribution is -0.138. The van der Waals surface area contributed by atoms with Crippen molar-refractivity contribution in [1.82, 2.24) is 0 Å². The third-order valence-electron chi connectivity index (χ3n) is 2.52. The normalized spacial score (nSPS) is 11.9. The van der Waals surface area contributed by atoms with Crippen molar-refractivity contribution in [2.45, 2.75) is 26.7 Å². The van der Waals surface area contributed by atoms with Crippen LogP contribution in [-0.4, -0.2) is 17.0 Å². The van der Waals surface area contributed by atoms with Crippen LogP contribution in [0.2, 0.25) is 0 Å². The van der Waals surface area contributed by atoms with E-state index in [2.05, 4.69) is 27.9 Å². The first-order chi connectivity index (χ1) is 8.38. The Morgan fingerprint density at radius 3 is 2.61 bits per heavy atom. The lowest BCUT2D eigenvalue weighted by Crippen LogP contribution is -2.17. The van der Waals surface area contributed by atoms with E-state index in [-0.39, 0.29) is 24.7 Å². The molecule has 1 amide bonds. The minimum absolute atomic E-state index is 0.0130. The van der Waals surface area contributed by atoms with E-state index in [0.29, 0.717) is 0 Å². The summed E-state index contributed by atoms with van der Waals surface area (Å²) in [6.45, 7) is 3.69. The number of halogens is 1. The molecular weight excluding hydrogens is 345 g/mol. The Labute approximate surface area is 120 Å². The predicted molar refractivity (Wildman–Crippen MR) is 78.6 cm³/mol. The van der Waals surface area contributed by atoms with Crippen LogP contribution in [0.5, 0.6) is 0 Å². The van der Waals surface area contributed by atoms with Gasteiger partial charge in [-0.3, -0.25) is 9.59 Å². The van der Waals surface area contributed by atoms with Gasteiger partial charge in [0.1, 0.15) is 0 Å². The molecule has 0 aliphatic carbocycles. The van der Waals surface area contributed by atoms with Gasteiger partial charge in [0.05, 0.1) is 0 Å². The van der Waals surface area contributed by atoms with Gasteiger partial charge < -0.3 is 10.4 Å². The number of amides is 1. The Morgan fingerprint density at radius 2 is 2.06 bits per heavy atom. The van der Waals surface area contributed by atoms with E-state index in [1.165, 1.54) is 0 Å². The maximum atomic E-state index is 11.7. The van der Waals surface area contributed by atoms with Crippen molar-refractivity contribution in [2.24, 2.45) is 5.92 Å². The summed E-state index contributed by atoms with van der Waals surface area (Å²) in [7, 11) is 0. The van der Waals surface area contributed by atoms with E-state index in [1.54, 1.807) is 6.92 Å². The molecule has 1 aromatic carbocycles. The fraction of sp³-hybridized carbons (Fsp3) is 0.385. The molecule has 1 aromatic rings. The van der Waals surface area contributed by atoms with E-state index in [4.69, 9.17) is 5.11 Å². The van der Waals surface area contributed by atoms with Crippen LogP contribution in [0.4, 0.5) is 5.69 Å². The molecule has 0 bridgehead atoms. The van der Waals surface area contributed by atoms with Crippen molar-refractivity contribution in [3.8, 4) is 0 Å². The van der Waals surface area contributed by atoms with Crippen molar-refractivity contribution in [3.63, 3.8) is 0 Å². The first-order valence-corrected chi connectivity index (χ1v) is 6.74. The zero-order valence-electron chi connectivity index (χ0n) is 10.4. The number of hydrogen-bond donors (Lipinski definition) is 2. The molecule has 0 aliphatic heterocycles. The Morgan fingerprint density at radius 1 is 1.39 bits per heavy atom. The summed E-state index contributed by atoms with van der Waals surface area (Å²) in [5.74, 6) is -1.18. The number of carbonyl (C=O) groups excluding carboxylic acids is 1. The van der Waals surface area contributed by atoms with E-state index < -0.39 is 5.97 Å². The lowest BCUT2D eigenvalue weighted by atomic mass is 10.0. The summed E-state index contributed by atoms with van der Waals surface area (Å²) in [5.41, 5.74) is 1.78. The van der Waals surface area contributed by atoms with Gasteiger partial charge in [-0.2, -0.15) is 0 Å². The number of aliphatic carboxylic acids is 1. The molecule has 0 spiro atoms. The first-order valence-electron chi connectivity index (χ1n) is 5.66. The molecule has 0 saturated carbocycles.